The fourth-order valence-electron chi connectivity index (χ4n) is 3.99. The quantitative estimate of drug-likeness (QED) is 0.362. The Hall–Kier alpha value is -2.88. The van der Waals surface area contributed by atoms with E-state index in [1.165, 1.54) is 19.1 Å². The Kier molecular flexibility index (Phi) is 6.36. The van der Waals surface area contributed by atoms with Crippen LogP contribution in [0.4, 0.5) is 23.2 Å². The third-order valence-electron chi connectivity index (χ3n) is 5.76. The highest BCUT2D eigenvalue weighted by molar-refractivity contribution is 6.43. The number of aromatic nitrogens is 1. The summed E-state index contributed by atoms with van der Waals surface area (Å²) in [5.74, 6) is -3.84. The molecule has 6 nitrogen and oxygen atoms in total. The van der Waals surface area contributed by atoms with E-state index in [1.807, 2.05) is 13.8 Å². The smallest absolute Gasteiger partial charge is 0.338 e. The molecule has 178 valence electrons. The first-order valence-corrected chi connectivity index (χ1v) is 10.5. The summed E-state index contributed by atoms with van der Waals surface area (Å²) in [5.41, 5.74) is 0.189. The van der Waals surface area contributed by atoms with Crippen molar-refractivity contribution in [2.75, 3.05) is 5.32 Å². The van der Waals surface area contributed by atoms with Crippen LogP contribution in [0.5, 0.6) is 0 Å². The number of hydrogen-bond acceptors (Lipinski definition) is 3. The van der Waals surface area contributed by atoms with E-state index in [0.717, 1.165) is 13.0 Å². The van der Waals surface area contributed by atoms with E-state index in [2.05, 4.69) is 5.32 Å². The molecule has 2 N–H and O–H groups in total. The first kappa shape index (κ1) is 24.8. The molecule has 1 aliphatic heterocycles. The number of fused-ring (bicyclic) bond motifs is 1. The number of nitrogens with zero attached hydrogens (tertiary/aromatic N) is 1. The molecule has 1 atom stereocenters. The lowest BCUT2D eigenvalue weighted by molar-refractivity contribution is -0.156. The van der Waals surface area contributed by atoms with Crippen molar-refractivity contribution in [3.63, 3.8) is 0 Å². The van der Waals surface area contributed by atoms with Gasteiger partial charge in [0.15, 0.2) is 0 Å². The normalized spacial score (nSPS) is 15.7. The summed E-state index contributed by atoms with van der Waals surface area (Å²) in [5, 5.41) is 4.07. The van der Waals surface area contributed by atoms with Gasteiger partial charge in [0.1, 0.15) is 17.6 Å². The molecule has 2 heterocycles. The number of benzene rings is 1. The van der Waals surface area contributed by atoms with Gasteiger partial charge in [-0.1, -0.05) is 11.6 Å². The van der Waals surface area contributed by atoms with Gasteiger partial charge in [-0.3, -0.25) is 14.4 Å². The molecular weight excluding hydrogens is 466 g/mol. The fraction of sp³-hybridized carbons (Fsp3) is 0.409. The van der Waals surface area contributed by atoms with E-state index in [0.29, 0.717) is 18.5 Å². The van der Waals surface area contributed by atoms with Gasteiger partial charge >= 0.3 is 6.18 Å². The maximum Gasteiger partial charge on any atom is 0.408 e. The van der Waals surface area contributed by atoms with Crippen molar-refractivity contribution >= 4 is 34.9 Å². The molecule has 1 unspecified atom stereocenters. The molecule has 0 radical (unpaired) electrons. The van der Waals surface area contributed by atoms with Gasteiger partial charge in [-0.2, -0.15) is 13.2 Å². The number of amides is 2. The minimum atomic E-state index is -4.71. The van der Waals surface area contributed by atoms with E-state index < -0.39 is 41.2 Å². The van der Waals surface area contributed by atoms with Crippen LogP contribution in [0.3, 0.4) is 0 Å². The molecule has 2 amide bonds. The number of carbonyl (C=O) groups is 3. The lowest BCUT2D eigenvalue weighted by atomic mass is 9.97. The van der Waals surface area contributed by atoms with Crippen molar-refractivity contribution in [3.8, 4) is 0 Å². The summed E-state index contributed by atoms with van der Waals surface area (Å²) in [6.07, 6.45) is -3.81. The van der Waals surface area contributed by atoms with Crippen molar-refractivity contribution in [1.29, 1.82) is 0 Å². The maximum absolute atomic E-state index is 13.4. The molecule has 0 bridgehead atoms. The molecule has 11 heteroatoms. The molecule has 0 fully saturated rings. The van der Waals surface area contributed by atoms with Crippen molar-refractivity contribution < 1.29 is 31.9 Å². The predicted molar refractivity (Wildman–Crippen MR) is 114 cm³/mol. The average molecular weight is 488 g/mol. The van der Waals surface area contributed by atoms with Gasteiger partial charge in [-0.25, -0.2) is 4.39 Å². The highest BCUT2D eigenvalue weighted by atomic mass is 35.5. The summed E-state index contributed by atoms with van der Waals surface area (Å²) in [4.78, 5) is 38.4. The summed E-state index contributed by atoms with van der Waals surface area (Å²) in [6.45, 7) is 5.88. The van der Waals surface area contributed by atoms with Crippen molar-refractivity contribution in [2.24, 2.45) is 0 Å². The van der Waals surface area contributed by atoms with E-state index >= 15 is 0 Å². The second-order valence-corrected chi connectivity index (χ2v) is 9.00. The van der Waals surface area contributed by atoms with Crippen LogP contribution in [-0.2, 0) is 16.8 Å². The number of alkyl halides is 3. The van der Waals surface area contributed by atoms with Crippen LogP contribution < -0.4 is 10.6 Å². The molecule has 1 aliphatic rings. The van der Waals surface area contributed by atoms with Gasteiger partial charge < -0.3 is 15.2 Å². The number of nitrogens with one attached hydrogen (secondary N) is 2. The Morgan fingerprint density at radius 3 is 2.42 bits per heavy atom. The van der Waals surface area contributed by atoms with Crippen molar-refractivity contribution in [1.82, 2.24) is 9.88 Å². The standard InChI is InChI=1S/C22H22ClF4N3O3/c1-10-16(18(31)20(33)28-11(2)22(25,26)27)15-7-8-21(3,4)30(15)17(10)19(32)29-12-5-6-14(24)13(23)9-12/h5-6,9,11H,7-8H2,1-4H3,(H,28,33)(H,29,32). The first-order chi connectivity index (χ1) is 15.1. The third kappa shape index (κ3) is 4.62. The van der Waals surface area contributed by atoms with Gasteiger partial charge in [-0.15, -0.1) is 0 Å². The Balaban J connectivity index is 2.02. The van der Waals surface area contributed by atoms with Crippen LogP contribution in [0.2, 0.25) is 5.02 Å². The zero-order valence-corrected chi connectivity index (χ0v) is 19.0. The number of halogens is 5. The monoisotopic (exact) mass is 487 g/mol. The largest absolute Gasteiger partial charge is 0.408 e. The zero-order chi connectivity index (χ0) is 24.9. The molecule has 0 spiro atoms. The first-order valence-electron chi connectivity index (χ1n) is 10.1. The van der Waals surface area contributed by atoms with E-state index in [1.54, 1.807) is 9.88 Å². The van der Waals surface area contributed by atoms with Crippen LogP contribution in [-0.4, -0.2) is 34.4 Å². The number of ketones is 1. The Labute approximate surface area is 192 Å². The highest BCUT2D eigenvalue weighted by Crippen LogP contribution is 2.39. The molecular formula is C22H22ClF4N3O3. The number of anilines is 1. The van der Waals surface area contributed by atoms with Crippen molar-refractivity contribution in [3.05, 3.63) is 51.6 Å². The summed E-state index contributed by atoms with van der Waals surface area (Å²) >= 11 is 5.77. The fourth-order valence-corrected chi connectivity index (χ4v) is 4.17. The second-order valence-electron chi connectivity index (χ2n) is 8.59. The highest BCUT2D eigenvalue weighted by Gasteiger charge is 2.42. The SMILES string of the molecule is Cc1c(C(=O)C(=O)NC(C)C(F)(F)F)c2n(c1C(=O)Nc1ccc(F)c(Cl)c1)C(C)(C)CC2. The molecule has 33 heavy (non-hydrogen) atoms. The predicted octanol–water partition coefficient (Wildman–Crippen LogP) is 4.77. The van der Waals surface area contributed by atoms with E-state index in [9.17, 15) is 31.9 Å². The minimum Gasteiger partial charge on any atom is -0.338 e. The topological polar surface area (TPSA) is 80.2 Å². The number of rotatable bonds is 5. The summed E-state index contributed by atoms with van der Waals surface area (Å²) in [6, 6.07) is 1.40. The van der Waals surface area contributed by atoms with E-state index in [-0.39, 0.29) is 27.5 Å². The Morgan fingerprint density at radius 1 is 1.21 bits per heavy atom. The van der Waals surface area contributed by atoms with Crippen LogP contribution in [0.1, 0.15) is 59.3 Å². The van der Waals surface area contributed by atoms with Crippen LogP contribution >= 0.6 is 11.6 Å². The lowest BCUT2D eigenvalue weighted by Crippen LogP contribution is -2.46. The summed E-state index contributed by atoms with van der Waals surface area (Å²) in [7, 11) is 0. The third-order valence-corrected chi connectivity index (χ3v) is 6.05. The lowest BCUT2D eigenvalue weighted by Gasteiger charge is -2.24. The Bertz CT molecular complexity index is 1150. The maximum atomic E-state index is 13.4. The minimum absolute atomic E-state index is 0.0882. The van der Waals surface area contributed by atoms with Crippen LogP contribution in [0.25, 0.3) is 0 Å². The average Bonchev–Trinajstić information content (AvgIpc) is 3.16. The number of hydrogen-bond donors (Lipinski definition) is 2. The van der Waals surface area contributed by atoms with Crippen LogP contribution in [0.15, 0.2) is 18.2 Å². The van der Waals surface area contributed by atoms with Gasteiger partial charge in [0, 0.05) is 16.9 Å². The molecule has 3 rings (SSSR count). The molecule has 0 saturated carbocycles. The number of carbonyl (C=O) groups excluding carboxylic acids is 3. The molecule has 1 aromatic carbocycles. The van der Waals surface area contributed by atoms with E-state index in [4.69, 9.17) is 11.6 Å². The van der Waals surface area contributed by atoms with Crippen molar-refractivity contribution in [2.45, 2.75) is 58.3 Å². The van der Waals surface area contributed by atoms with Gasteiger partial charge in [0.2, 0.25) is 0 Å². The van der Waals surface area contributed by atoms with Gasteiger partial charge in [0.25, 0.3) is 17.6 Å². The molecule has 0 saturated heterocycles. The van der Waals surface area contributed by atoms with Crippen LogP contribution in [0, 0.1) is 12.7 Å². The molecule has 0 aliphatic carbocycles. The zero-order valence-electron chi connectivity index (χ0n) is 18.3. The van der Waals surface area contributed by atoms with Gasteiger partial charge in [-0.05, 0) is 64.3 Å². The number of Topliss-reactive ketones (excluding diaryl/α,β-unsaturated/α-hetero) is 1. The Morgan fingerprint density at radius 2 is 1.85 bits per heavy atom. The summed E-state index contributed by atoms with van der Waals surface area (Å²) < 4.78 is 53.6. The van der Waals surface area contributed by atoms with Gasteiger partial charge in [0.05, 0.1) is 10.6 Å². The molecule has 2 aromatic rings. The molecule has 1 aromatic heterocycles. The second kappa shape index (κ2) is 8.48.